The number of nitrogens with one attached hydrogen (secondary N) is 1. The standard InChI is InChI=1S/C15H15BrClNO/c1-9-5-12(16)6-10(2)15(9)18-8-11-3-4-14(19)13(17)7-11/h3-7,18-19H,8H2,1-2H3. The van der Waals surface area contributed by atoms with E-state index < -0.39 is 0 Å². The van der Waals surface area contributed by atoms with Gasteiger partial charge in [0.25, 0.3) is 0 Å². The van der Waals surface area contributed by atoms with Crippen molar-refractivity contribution in [1.82, 2.24) is 0 Å². The molecular formula is C15H15BrClNO. The number of rotatable bonds is 3. The second kappa shape index (κ2) is 5.85. The molecule has 0 saturated carbocycles. The van der Waals surface area contributed by atoms with Crippen molar-refractivity contribution in [3.63, 3.8) is 0 Å². The molecule has 4 heteroatoms. The maximum Gasteiger partial charge on any atom is 0.134 e. The zero-order valence-corrected chi connectivity index (χ0v) is 13.1. The van der Waals surface area contributed by atoms with E-state index in [1.165, 1.54) is 11.1 Å². The van der Waals surface area contributed by atoms with E-state index >= 15 is 0 Å². The third-order valence-corrected chi connectivity index (χ3v) is 3.74. The monoisotopic (exact) mass is 339 g/mol. The van der Waals surface area contributed by atoms with Gasteiger partial charge in [0.1, 0.15) is 5.75 Å². The van der Waals surface area contributed by atoms with E-state index in [2.05, 4.69) is 47.2 Å². The quantitative estimate of drug-likeness (QED) is 0.820. The molecule has 100 valence electrons. The van der Waals surface area contributed by atoms with Crippen LogP contribution in [0.1, 0.15) is 16.7 Å². The van der Waals surface area contributed by atoms with Crippen molar-refractivity contribution in [2.24, 2.45) is 0 Å². The summed E-state index contributed by atoms with van der Waals surface area (Å²) in [4.78, 5) is 0. The number of aryl methyl sites for hydroxylation is 2. The van der Waals surface area contributed by atoms with Gasteiger partial charge in [0.05, 0.1) is 5.02 Å². The Bertz CT molecular complexity index is 590. The second-order valence-corrected chi connectivity index (χ2v) is 5.88. The lowest BCUT2D eigenvalue weighted by atomic mass is 10.1. The highest BCUT2D eigenvalue weighted by molar-refractivity contribution is 9.10. The van der Waals surface area contributed by atoms with E-state index in [1.54, 1.807) is 12.1 Å². The summed E-state index contributed by atoms with van der Waals surface area (Å²) in [6.07, 6.45) is 0. The fraction of sp³-hybridized carbons (Fsp3) is 0.200. The lowest BCUT2D eigenvalue weighted by Crippen LogP contribution is -2.03. The van der Waals surface area contributed by atoms with Crippen molar-refractivity contribution in [3.8, 4) is 5.75 Å². The first-order chi connectivity index (χ1) is 8.97. The van der Waals surface area contributed by atoms with E-state index in [1.807, 2.05) is 6.07 Å². The van der Waals surface area contributed by atoms with Crippen LogP contribution in [0.2, 0.25) is 5.02 Å². The van der Waals surface area contributed by atoms with Gasteiger partial charge in [-0.3, -0.25) is 0 Å². The highest BCUT2D eigenvalue weighted by Gasteiger charge is 2.05. The van der Waals surface area contributed by atoms with Crippen LogP contribution in [0.5, 0.6) is 5.75 Å². The molecule has 0 amide bonds. The molecule has 19 heavy (non-hydrogen) atoms. The first-order valence-corrected chi connectivity index (χ1v) is 7.12. The van der Waals surface area contributed by atoms with Crippen molar-refractivity contribution in [3.05, 3.63) is 56.5 Å². The molecule has 2 rings (SSSR count). The van der Waals surface area contributed by atoms with E-state index in [4.69, 9.17) is 11.6 Å². The van der Waals surface area contributed by atoms with Crippen LogP contribution in [-0.4, -0.2) is 5.11 Å². The van der Waals surface area contributed by atoms with E-state index in [-0.39, 0.29) is 5.75 Å². The first kappa shape index (κ1) is 14.2. The summed E-state index contributed by atoms with van der Waals surface area (Å²) in [6.45, 7) is 4.82. The molecule has 0 radical (unpaired) electrons. The summed E-state index contributed by atoms with van der Waals surface area (Å²) in [5.41, 5.74) is 4.55. The fourth-order valence-electron chi connectivity index (χ4n) is 2.04. The van der Waals surface area contributed by atoms with Crippen LogP contribution in [-0.2, 0) is 6.54 Å². The lowest BCUT2D eigenvalue weighted by molar-refractivity contribution is 0.475. The topological polar surface area (TPSA) is 32.3 Å². The van der Waals surface area contributed by atoms with Gasteiger partial charge in [-0.2, -0.15) is 0 Å². The minimum absolute atomic E-state index is 0.112. The molecule has 0 fully saturated rings. The van der Waals surface area contributed by atoms with Crippen LogP contribution >= 0.6 is 27.5 Å². The van der Waals surface area contributed by atoms with Crippen LogP contribution in [0, 0.1) is 13.8 Å². The highest BCUT2D eigenvalue weighted by atomic mass is 79.9. The lowest BCUT2D eigenvalue weighted by Gasteiger charge is -2.13. The number of aromatic hydroxyl groups is 1. The van der Waals surface area contributed by atoms with Gasteiger partial charge in [0.15, 0.2) is 0 Å². The van der Waals surface area contributed by atoms with Crippen LogP contribution in [0.4, 0.5) is 5.69 Å². The summed E-state index contributed by atoms with van der Waals surface area (Å²) >= 11 is 9.38. The Morgan fingerprint density at radius 1 is 1.16 bits per heavy atom. The van der Waals surface area contributed by atoms with Crippen LogP contribution in [0.3, 0.4) is 0 Å². The number of phenols is 1. The third kappa shape index (κ3) is 3.43. The summed E-state index contributed by atoms with van der Waals surface area (Å²) in [5.74, 6) is 0.112. The Morgan fingerprint density at radius 3 is 2.37 bits per heavy atom. The number of halogens is 2. The van der Waals surface area contributed by atoms with Crippen molar-refractivity contribution in [2.45, 2.75) is 20.4 Å². The van der Waals surface area contributed by atoms with E-state index in [0.29, 0.717) is 11.6 Å². The molecule has 2 nitrogen and oxygen atoms in total. The Morgan fingerprint density at radius 2 is 1.79 bits per heavy atom. The first-order valence-electron chi connectivity index (χ1n) is 5.95. The Hall–Kier alpha value is -1.19. The molecule has 2 aromatic carbocycles. The van der Waals surface area contributed by atoms with Gasteiger partial charge < -0.3 is 10.4 Å². The van der Waals surface area contributed by atoms with Crippen molar-refractivity contribution < 1.29 is 5.11 Å². The predicted octanol–water partition coefficient (Wildman–Crippen LogP) is 5.04. The molecule has 2 aromatic rings. The Labute approximate surface area is 126 Å². The normalized spacial score (nSPS) is 10.5. The number of hydrogen-bond acceptors (Lipinski definition) is 2. The minimum atomic E-state index is 0.112. The molecule has 0 heterocycles. The number of anilines is 1. The molecule has 0 atom stereocenters. The zero-order valence-electron chi connectivity index (χ0n) is 10.8. The molecule has 0 saturated heterocycles. The summed E-state index contributed by atoms with van der Waals surface area (Å²) in [5, 5.41) is 13.2. The average molecular weight is 341 g/mol. The van der Waals surface area contributed by atoms with Gasteiger partial charge >= 0.3 is 0 Å². The van der Waals surface area contributed by atoms with Crippen LogP contribution in [0.15, 0.2) is 34.8 Å². The molecule has 0 unspecified atom stereocenters. The largest absolute Gasteiger partial charge is 0.506 e. The second-order valence-electron chi connectivity index (χ2n) is 4.55. The van der Waals surface area contributed by atoms with Crippen molar-refractivity contribution in [2.75, 3.05) is 5.32 Å². The predicted molar refractivity (Wildman–Crippen MR) is 84.1 cm³/mol. The van der Waals surface area contributed by atoms with Crippen LogP contribution < -0.4 is 5.32 Å². The summed E-state index contributed by atoms with van der Waals surface area (Å²) < 4.78 is 1.08. The molecule has 0 aliphatic rings. The average Bonchev–Trinajstić information content (AvgIpc) is 2.32. The van der Waals surface area contributed by atoms with E-state index in [9.17, 15) is 5.11 Å². The fourth-order valence-corrected chi connectivity index (χ4v) is 2.93. The number of phenolic OH excluding ortho intramolecular Hbond substituents is 1. The van der Waals surface area contributed by atoms with E-state index in [0.717, 1.165) is 15.7 Å². The number of hydrogen-bond donors (Lipinski definition) is 2. The SMILES string of the molecule is Cc1cc(Br)cc(C)c1NCc1ccc(O)c(Cl)c1. The molecule has 0 aliphatic heterocycles. The highest BCUT2D eigenvalue weighted by Crippen LogP contribution is 2.27. The molecule has 0 bridgehead atoms. The van der Waals surface area contributed by atoms with Gasteiger partial charge in [0, 0.05) is 16.7 Å². The van der Waals surface area contributed by atoms with Gasteiger partial charge in [-0.1, -0.05) is 33.6 Å². The summed E-state index contributed by atoms with van der Waals surface area (Å²) in [7, 11) is 0. The van der Waals surface area contributed by atoms with Gasteiger partial charge in [-0.25, -0.2) is 0 Å². The maximum absolute atomic E-state index is 9.39. The molecule has 2 N–H and O–H groups in total. The van der Waals surface area contributed by atoms with Crippen molar-refractivity contribution >= 4 is 33.2 Å². The van der Waals surface area contributed by atoms with Gasteiger partial charge in [0.2, 0.25) is 0 Å². The Balaban J connectivity index is 2.16. The molecule has 0 aliphatic carbocycles. The Kier molecular flexibility index (Phi) is 4.38. The minimum Gasteiger partial charge on any atom is -0.506 e. The number of benzene rings is 2. The summed E-state index contributed by atoms with van der Waals surface area (Å²) in [6, 6.07) is 9.41. The smallest absolute Gasteiger partial charge is 0.134 e. The third-order valence-electron chi connectivity index (χ3n) is 2.98. The van der Waals surface area contributed by atoms with Crippen LogP contribution in [0.25, 0.3) is 0 Å². The van der Waals surface area contributed by atoms with Gasteiger partial charge in [-0.05, 0) is 54.8 Å². The maximum atomic E-state index is 9.39. The van der Waals surface area contributed by atoms with Gasteiger partial charge in [-0.15, -0.1) is 0 Å². The molecule has 0 spiro atoms. The zero-order chi connectivity index (χ0) is 14.0. The molecule has 0 aromatic heterocycles. The molecular weight excluding hydrogens is 326 g/mol. The van der Waals surface area contributed by atoms with Crippen molar-refractivity contribution in [1.29, 1.82) is 0 Å².